The highest BCUT2D eigenvalue weighted by Crippen LogP contribution is 2.53. The molecule has 8 aromatic carbocycles. The van der Waals surface area contributed by atoms with E-state index in [-0.39, 0.29) is 11.8 Å². The van der Waals surface area contributed by atoms with Crippen molar-refractivity contribution in [3.05, 3.63) is 198 Å². The van der Waals surface area contributed by atoms with Crippen LogP contribution in [0.2, 0.25) is 0 Å². The summed E-state index contributed by atoms with van der Waals surface area (Å²) in [5.41, 5.74) is 12.8. The van der Waals surface area contributed by atoms with Gasteiger partial charge in [0.15, 0.2) is 5.82 Å². The van der Waals surface area contributed by atoms with Crippen LogP contribution in [-0.2, 0) is 0 Å². The van der Waals surface area contributed by atoms with Gasteiger partial charge in [0.1, 0.15) is 16.9 Å². The van der Waals surface area contributed by atoms with Crippen molar-refractivity contribution in [3.8, 4) is 17.1 Å². The van der Waals surface area contributed by atoms with Gasteiger partial charge in [0.2, 0.25) is 0 Å². The summed E-state index contributed by atoms with van der Waals surface area (Å²) in [6, 6.07) is 63.3. The first-order valence-electron chi connectivity index (χ1n) is 18.6. The van der Waals surface area contributed by atoms with Crippen LogP contribution in [0.15, 0.2) is 180 Å². The minimum absolute atomic E-state index is 0.0771. The second-order valence-corrected chi connectivity index (χ2v) is 14.5. The van der Waals surface area contributed by atoms with Crippen molar-refractivity contribution < 1.29 is 4.42 Å². The van der Waals surface area contributed by atoms with Gasteiger partial charge in [0.25, 0.3) is 0 Å². The highest BCUT2D eigenvalue weighted by Gasteiger charge is 2.35. The number of fused-ring (bicyclic) bond motifs is 4. The average molecular weight is 690 g/mol. The molecule has 2 unspecified atom stereocenters. The summed E-state index contributed by atoms with van der Waals surface area (Å²) in [5.74, 6) is 1.00. The third-order valence-corrected chi connectivity index (χ3v) is 11.6. The lowest BCUT2D eigenvalue weighted by atomic mass is 9.73. The zero-order chi connectivity index (χ0) is 35.3. The van der Waals surface area contributed by atoms with Gasteiger partial charge in [-0.2, -0.15) is 0 Å². The molecule has 0 saturated carbocycles. The maximum absolute atomic E-state index is 6.25. The number of para-hydroxylation sites is 3. The fourth-order valence-corrected chi connectivity index (χ4v) is 9.37. The molecular weight excluding hydrogens is 659 g/mol. The fraction of sp³-hybridized carbons (Fsp3) is 0.0400. The molecule has 0 radical (unpaired) electrons. The van der Waals surface area contributed by atoms with Crippen LogP contribution in [0, 0.1) is 0 Å². The predicted octanol–water partition coefficient (Wildman–Crippen LogP) is 12.7. The Bertz CT molecular complexity index is 3290. The molecule has 3 heterocycles. The third-order valence-electron chi connectivity index (χ3n) is 11.6. The SMILES string of the molecule is c1ccc(C2c3cccc4ccc5c(c34)c3c(cccc3n5-c3nc4ccccc4nc3-c3ccc4oc5ccccc5c4c3)C2c2ccccc2)cc1. The molecular formula is C50H31N3O. The molecule has 1 aliphatic carbocycles. The lowest BCUT2D eigenvalue weighted by Gasteiger charge is -2.29. The molecule has 2 atom stereocenters. The molecule has 0 aliphatic heterocycles. The van der Waals surface area contributed by atoms with Gasteiger partial charge in [-0.3, -0.25) is 4.57 Å². The molecule has 252 valence electrons. The summed E-state index contributed by atoms with van der Waals surface area (Å²) in [5, 5.41) is 7.24. The summed E-state index contributed by atoms with van der Waals surface area (Å²) < 4.78 is 8.63. The highest BCUT2D eigenvalue weighted by atomic mass is 16.3. The Balaban J connectivity index is 1.23. The largest absolute Gasteiger partial charge is 0.456 e. The summed E-state index contributed by atoms with van der Waals surface area (Å²) in [4.78, 5) is 10.9. The van der Waals surface area contributed by atoms with E-state index in [1.807, 2.05) is 24.3 Å². The molecule has 54 heavy (non-hydrogen) atoms. The maximum atomic E-state index is 6.25. The van der Waals surface area contributed by atoms with Gasteiger partial charge >= 0.3 is 0 Å². The summed E-state index contributed by atoms with van der Waals surface area (Å²) >= 11 is 0. The smallest absolute Gasteiger partial charge is 0.165 e. The van der Waals surface area contributed by atoms with E-state index in [1.165, 1.54) is 43.8 Å². The first kappa shape index (κ1) is 29.5. The van der Waals surface area contributed by atoms with Crippen LogP contribution in [0.4, 0.5) is 0 Å². The number of hydrogen-bond acceptors (Lipinski definition) is 3. The molecule has 12 rings (SSSR count). The number of benzene rings is 8. The Labute approximate surface area is 310 Å². The monoisotopic (exact) mass is 689 g/mol. The lowest BCUT2D eigenvalue weighted by molar-refractivity contribution is 0.669. The van der Waals surface area contributed by atoms with Crippen LogP contribution in [-0.4, -0.2) is 14.5 Å². The minimum Gasteiger partial charge on any atom is -0.456 e. The van der Waals surface area contributed by atoms with Crippen molar-refractivity contribution in [2.45, 2.75) is 11.8 Å². The van der Waals surface area contributed by atoms with Gasteiger partial charge in [-0.25, -0.2) is 9.97 Å². The van der Waals surface area contributed by atoms with Crippen molar-refractivity contribution in [2.75, 3.05) is 0 Å². The molecule has 0 amide bonds. The van der Waals surface area contributed by atoms with Crippen LogP contribution in [0.3, 0.4) is 0 Å². The van der Waals surface area contributed by atoms with E-state index in [2.05, 4.69) is 156 Å². The highest BCUT2D eigenvalue weighted by molar-refractivity contribution is 6.24. The molecule has 0 saturated heterocycles. The van der Waals surface area contributed by atoms with Gasteiger partial charge in [0, 0.05) is 38.9 Å². The van der Waals surface area contributed by atoms with Crippen LogP contribution < -0.4 is 0 Å². The van der Waals surface area contributed by atoms with Crippen molar-refractivity contribution >= 4 is 65.6 Å². The Morgan fingerprint density at radius 2 is 1.07 bits per heavy atom. The zero-order valence-electron chi connectivity index (χ0n) is 29.1. The molecule has 1 aliphatic rings. The molecule has 0 N–H and O–H groups in total. The molecule has 0 bridgehead atoms. The van der Waals surface area contributed by atoms with Crippen LogP contribution in [0.5, 0.6) is 0 Å². The normalized spacial score (nSPS) is 15.4. The molecule has 0 fully saturated rings. The second-order valence-electron chi connectivity index (χ2n) is 14.5. The third kappa shape index (κ3) is 4.13. The Morgan fingerprint density at radius 1 is 0.444 bits per heavy atom. The van der Waals surface area contributed by atoms with Crippen LogP contribution in [0.25, 0.3) is 82.6 Å². The van der Waals surface area contributed by atoms with E-state index in [0.717, 1.165) is 61.1 Å². The van der Waals surface area contributed by atoms with Gasteiger partial charge in [0.05, 0.1) is 22.1 Å². The number of hydrogen-bond donors (Lipinski definition) is 0. The summed E-state index contributed by atoms with van der Waals surface area (Å²) in [6.07, 6.45) is 0. The summed E-state index contributed by atoms with van der Waals surface area (Å²) in [7, 11) is 0. The van der Waals surface area contributed by atoms with E-state index in [9.17, 15) is 0 Å². The van der Waals surface area contributed by atoms with Gasteiger partial charge in [-0.15, -0.1) is 0 Å². The Morgan fingerprint density at radius 3 is 1.85 bits per heavy atom. The lowest BCUT2D eigenvalue weighted by Crippen LogP contribution is -2.14. The average Bonchev–Trinajstić information content (AvgIpc) is 3.74. The van der Waals surface area contributed by atoms with Crippen LogP contribution >= 0.6 is 0 Å². The molecule has 0 spiro atoms. The van der Waals surface area contributed by atoms with Gasteiger partial charge in [-0.1, -0.05) is 127 Å². The zero-order valence-corrected chi connectivity index (χ0v) is 29.1. The van der Waals surface area contributed by atoms with E-state index in [1.54, 1.807) is 0 Å². The number of aromatic nitrogens is 3. The van der Waals surface area contributed by atoms with Gasteiger partial charge < -0.3 is 4.42 Å². The first-order chi connectivity index (χ1) is 26.8. The molecule has 3 aromatic heterocycles. The van der Waals surface area contributed by atoms with Gasteiger partial charge in [-0.05, 0) is 81.6 Å². The van der Waals surface area contributed by atoms with E-state index in [0.29, 0.717) is 0 Å². The van der Waals surface area contributed by atoms with Crippen molar-refractivity contribution in [3.63, 3.8) is 0 Å². The Hall–Kier alpha value is -7.04. The van der Waals surface area contributed by atoms with Crippen molar-refractivity contribution in [2.24, 2.45) is 0 Å². The topological polar surface area (TPSA) is 43.9 Å². The second kappa shape index (κ2) is 11.2. The van der Waals surface area contributed by atoms with E-state index < -0.39 is 0 Å². The first-order valence-corrected chi connectivity index (χ1v) is 18.6. The standard InChI is InChI=1S/C50H31N3O/c1-3-13-30(14-4-1)44-35-19-11-17-32-25-27-41-48(46(32)35)47-36(45(44)31-15-5-2-6-16-31)20-12-23-40(47)53(41)50-49(51-38-21-8-9-22-39(38)52-50)33-26-28-43-37(29-33)34-18-7-10-24-42(34)54-43/h1-29,44-45H. The Kier molecular flexibility index (Phi) is 6.14. The maximum Gasteiger partial charge on any atom is 0.165 e. The van der Waals surface area contributed by atoms with E-state index >= 15 is 0 Å². The van der Waals surface area contributed by atoms with Crippen molar-refractivity contribution in [1.29, 1.82) is 0 Å². The fourth-order valence-electron chi connectivity index (χ4n) is 9.37. The summed E-state index contributed by atoms with van der Waals surface area (Å²) in [6.45, 7) is 0. The van der Waals surface area contributed by atoms with Crippen LogP contribution in [0.1, 0.15) is 34.1 Å². The van der Waals surface area contributed by atoms with E-state index in [4.69, 9.17) is 14.4 Å². The van der Waals surface area contributed by atoms with Crippen molar-refractivity contribution in [1.82, 2.24) is 14.5 Å². The molecule has 4 heteroatoms. The molecule has 11 aromatic rings. The number of furan rings is 1. The number of nitrogens with zero attached hydrogens (tertiary/aromatic N) is 3. The minimum atomic E-state index is 0.0771. The quantitative estimate of drug-likeness (QED) is 0.185. The number of rotatable bonds is 4. The predicted molar refractivity (Wildman–Crippen MR) is 221 cm³/mol. The molecule has 4 nitrogen and oxygen atoms in total.